The molecule has 1 atom stereocenters. The number of carbonyl (C=O) groups is 1. The Labute approximate surface area is 126 Å². The van der Waals surface area contributed by atoms with Crippen molar-refractivity contribution in [3.05, 3.63) is 29.0 Å². The van der Waals surface area contributed by atoms with Crippen LogP contribution in [-0.2, 0) is 15.0 Å². The van der Waals surface area contributed by atoms with E-state index < -0.39 is 28.0 Å². The van der Waals surface area contributed by atoms with Crippen molar-refractivity contribution < 1.29 is 22.7 Å². The lowest BCUT2D eigenvalue weighted by molar-refractivity contribution is -0.142. The number of hydrogen-bond donors (Lipinski definition) is 2. The van der Waals surface area contributed by atoms with Crippen LogP contribution in [0.25, 0.3) is 0 Å². The highest BCUT2D eigenvalue weighted by Gasteiger charge is 2.36. The lowest BCUT2D eigenvalue weighted by Gasteiger charge is -2.31. The monoisotopic (exact) mass is 336 g/mol. The Bertz CT molecular complexity index is 632. The molecule has 0 aliphatic carbocycles. The van der Waals surface area contributed by atoms with Crippen molar-refractivity contribution in [2.24, 2.45) is 0 Å². The summed E-state index contributed by atoms with van der Waals surface area (Å²) in [5.41, 5.74) is -0.0466. The van der Waals surface area contributed by atoms with Gasteiger partial charge in [-0.1, -0.05) is 11.6 Å². The van der Waals surface area contributed by atoms with Gasteiger partial charge in [0.1, 0.15) is 11.9 Å². The van der Waals surface area contributed by atoms with Gasteiger partial charge in [-0.3, -0.25) is 9.52 Å². The zero-order valence-corrected chi connectivity index (χ0v) is 12.5. The van der Waals surface area contributed by atoms with Gasteiger partial charge in [0.05, 0.1) is 5.69 Å². The van der Waals surface area contributed by atoms with Gasteiger partial charge in [0, 0.05) is 11.6 Å². The number of anilines is 1. The number of nitrogens with zero attached hydrogens (tertiary/aromatic N) is 1. The second-order valence-corrected chi connectivity index (χ2v) is 6.79. The molecule has 116 valence electrons. The van der Waals surface area contributed by atoms with Gasteiger partial charge in [-0.25, -0.2) is 4.39 Å². The van der Waals surface area contributed by atoms with Crippen molar-refractivity contribution >= 4 is 33.5 Å². The summed E-state index contributed by atoms with van der Waals surface area (Å²) in [6, 6.07) is 2.16. The van der Waals surface area contributed by atoms with Crippen molar-refractivity contribution in [1.82, 2.24) is 4.31 Å². The van der Waals surface area contributed by atoms with Gasteiger partial charge in [0.15, 0.2) is 0 Å². The molecular formula is C12H14ClFN2O4S. The molecular weight excluding hydrogens is 323 g/mol. The number of carboxylic acids is 1. The fourth-order valence-corrected chi connectivity index (χ4v) is 3.91. The van der Waals surface area contributed by atoms with Crippen LogP contribution in [0.5, 0.6) is 0 Å². The maximum Gasteiger partial charge on any atom is 0.322 e. The average Bonchev–Trinajstić information content (AvgIpc) is 2.36. The largest absolute Gasteiger partial charge is 0.480 e. The highest BCUT2D eigenvalue weighted by molar-refractivity contribution is 7.90. The molecule has 0 spiro atoms. The van der Waals surface area contributed by atoms with Gasteiger partial charge >= 0.3 is 16.2 Å². The molecule has 0 aromatic heterocycles. The minimum atomic E-state index is -4.09. The normalized spacial score (nSPS) is 20.2. The quantitative estimate of drug-likeness (QED) is 0.881. The van der Waals surface area contributed by atoms with Crippen LogP contribution < -0.4 is 4.72 Å². The first-order valence-electron chi connectivity index (χ1n) is 6.28. The predicted octanol–water partition coefficient (Wildman–Crippen LogP) is 2.07. The van der Waals surface area contributed by atoms with Crippen LogP contribution in [0.3, 0.4) is 0 Å². The van der Waals surface area contributed by atoms with Gasteiger partial charge in [0.25, 0.3) is 0 Å². The van der Waals surface area contributed by atoms with Crippen LogP contribution >= 0.6 is 11.6 Å². The SMILES string of the molecule is O=C(O)C1CCCCN1S(=O)(=O)Nc1cc(F)cc(Cl)c1. The lowest BCUT2D eigenvalue weighted by atomic mass is 10.1. The van der Waals surface area contributed by atoms with E-state index in [2.05, 4.69) is 4.72 Å². The van der Waals surface area contributed by atoms with E-state index in [-0.39, 0.29) is 23.7 Å². The first kappa shape index (κ1) is 16.0. The Morgan fingerprint density at radius 3 is 2.71 bits per heavy atom. The molecule has 1 aliphatic heterocycles. The molecule has 0 saturated carbocycles. The molecule has 1 aliphatic rings. The second kappa shape index (κ2) is 6.17. The van der Waals surface area contributed by atoms with Crippen molar-refractivity contribution in [2.75, 3.05) is 11.3 Å². The third-order valence-electron chi connectivity index (χ3n) is 3.16. The van der Waals surface area contributed by atoms with E-state index >= 15 is 0 Å². The number of piperidine rings is 1. The Hall–Kier alpha value is -1.38. The number of nitrogens with one attached hydrogen (secondary N) is 1. The maximum absolute atomic E-state index is 13.2. The maximum atomic E-state index is 13.2. The van der Waals surface area contributed by atoms with Gasteiger partial charge in [-0.05, 0) is 37.5 Å². The zero-order valence-electron chi connectivity index (χ0n) is 10.9. The average molecular weight is 337 g/mol. The summed E-state index contributed by atoms with van der Waals surface area (Å²) in [6.45, 7) is 0.106. The smallest absolute Gasteiger partial charge is 0.322 e. The highest BCUT2D eigenvalue weighted by atomic mass is 35.5. The first-order chi connectivity index (χ1) is 9.79. The Morgan fingerprint density at radius 1 is 1.38 bits per heavy atom. The van der Waals surface area contributed by atoms with E-state index in [0.29, 0.717) is 12.8 Å². The van der Waals surface area contributed by atoms with Gasteiger partial charge in [0.2, 0.25) is 0 Å². The fraction of sp³-hybridized carbons (Fsp3) is 0.417. The summed E-state index contributed by atoms with van der Waals surface area (Å²) >= 11 is 5.66. The fourth-order valence-electron chi connectivity index (χ4n) is 2.26. The Kier molecular flexibility index (Phi) is 4.70. The number of hydrogen-bond acceptors (Lipinski definition) is 3. The van der Waals surface area contributed by atoms with Gasteiger partial charge < -0.3 is 5.11 Å². The number of benzene rings is 1. The van der Waals surface area contributed by atoms with Crippen LogP contribution in [0.15, 0.2) is 18.2 Å². The first-order valence-corrected chi connectivity index (χ1v) is 8.10. The molecule has 1 saturated heterocycles. The summed E-state index contributed by atoms with van der Waals surface area (Å²) in [5.74, 6) is -1.88. The van der Waals surface area contributed by atoms with E-state index in [1.807, 2.05) is 0 Å². The van der Waals surface area contributed by atoms with E-state index in [1.165, 1.54) is 6.07 Å². The molecule has 2 rings (SSSR count). The molecule has 0 amide bonds. The van der Waals surface area contributed by atoms with Crippen molar-refractivity contribution in [1.29, 1.82) is 0 Å². The van der Waals surface area contributed by atoms with Crippen LogP contribution in [0.4, 0.5) is 10.1 Å². The number of aliphatic carboxylic acids is 1. The third-order valence-corrected chi connectivity index (χ3v) is 4.92. The van der Waals surface area contributed by atoms with Gasteiger partial charge in [-0.15, -0.1) is 0 Å². The topological polar surface area (TPSA) is 86.7 Å². The second-order valence-electron chi connectivity index (χ2n) is 4.73. The lowest BCUT2D eigenvalue weighted by Crippen LogP contribution is -2.49. The van der Waals surface area contributed by atoms with E-state index in [0.717, 1.165) is 16.4 Å². The number of rotatable bonds is 4. The van der Waals surface area contributed by atoms with Crippen LogP contribution in [0.2, 0.25) is 5.02 Å². The molecule has 1 heterocycles. The zero-order chi connectivity index (χ0) is 15.6. The summed E-state index contributed by atoms with van der Waals surface area (Å²) in [5, 5.41) is 9.15. The molecule has 0 radical (unpaired) electrons. The Morgan fingerprint density at radius 2 is 2.10 bits per heavy atom. The molecule has 1 unspecified atom stereocenters. The van der Waals surface area contributed by atoms with Crippen molar-refractivity contribution in [3.8, 4) is 0 Å². The molecule has 2 N–H and O–H groups in total. The molecule has 1 aromatic rings. The number of halogens is 2. The predicted molar refractivity (Wildman–Crippen MR) is 75.9 cm³/mol. The third kappa shape index (κ3) is 3.84. The van der Waals surface area contributed by atoms with Crippen LogP contribution in [0.1, 0.15) is 19.3 Å². The minimum absolute atomic E-state index is 0.0427. The number of carboxylic acid groups (broad SMARTS) is 1. The van der Waals surface area contributed by atoms with Crippen LogP contribution in [0, 0.1) is 5.82 Å². The summed E-state index contributed by atoms with van der Waals surface area (Å²) < 4.78 is 40.8. The van der Waals surface area contributed by atoms with E-state index in [1.54, 1.807) is 0 Å². The standard InChI is InChI=1S/C12H14ClFN2O4S/c13-8-5-9(14)7-10(6-8)15-21(19,20)16-4-2-1-3-11(16)12(17)18/h5-7,11,15H,1-4H2,(H,17,18). The minimum Gasteiger partial charge on any atom is -0.480 e. The Balaban J connectivity index is 2.26. The van der Waals surface area contributed by atoms with E-state index in [4.69, 9.17) is 16.7 Å². The molecule has 6 nitrogen and oxygen atoms in total. The molecule has 0 bridgehead atoms. The highest BCUT2D eigenvalue weighted by Crippen LogP contribution is 2.24. The summed E-state index contributed by atoms with van der Waals surface area (Å²) in [6.07, 6.45) is 1.48. The molecule has 21 heavy (non-hydrogen) atoms. The van der Waals surface area contributed by atoms with Crippen LogP contribution in [-0.4, -0.2) is 36.4 Å². The molecule has 1 aromatic carbocycles. The molecule has 1 fully saturated rings. The van der Waals surface area contributed by atoms with Crippen molar-refractivity contribution in [2.45, 2.75) is 25.3 Å². The molecule has 9 heteroatoms. The van der Waals surface area contributed by atoms with E-state index in [9.17, 15) is 17.6 Å². The summed E-state index contributed by atoms with van der Waals surface area (Å²) in [7, 11) is -4.09. The van der Waals surface area contributed by atoms with Crippen molar-refractivity contribution in [3.63, 3.8) is 0 Å². The summed E-state index contributed by atoms with van der Waals surface area (Å²) in [4.78, 5) is 11.2. The van der Waals surface area contributed by atoms with Gasteiger partial charge in [-0.2, -0.15) is 12.7 Å².